The molecule has 0 unspecified atom stereocenters. The molecule has 1 amide bonds. The van der Waals surface area contributed by atoms with Crippen LogP contribution < -0.4 is 5.32 Å². The van der Waals surface area contributed by atoms with Gasteiger partial charge in [-0.05, 0) is 24.3 Å². The van der Waals surface area contributed by atoms with Crippen molar-refractivity contribution >= 4 is 39.1 Å². The van der Waals surface area contributed by atoms with Crippen molar-refractivity contribution in [2.45, 2.75) is 6.92 Å². The van der Waals surface area contributed by atoms with E-state index in [4.69, 9.17) is 0 Å². The summed E-state index contributed by atoms with van der Waals surface area (Å²) >= 11 is 1.24. The van der Waals surface area contributed by atoms with Crippen LogP contribution in [0.1, 0.15) is 27.8 Å². The molecule has 0 saturated heterocycles. The largest absolute Gasteiger partial charge is 0.361 e. The van der Waals surface area contributed by atoms with E-state index in [1.165, 1.54) is 18.3 Å². The van der Waals surface area contributed by atoms with Crippen molar-refractivity contribution in [3.8, 4) is 0 Å². The summed E-state index contributed by atoms with van der Waals surface area (Å²) in [6, 6.07) is 7.31. The first-order valence-electron chi connectivity index (χ1n) is 5.98. The summed E-state index contributed by atoms with van der Waals surface area (Å²) in [4.78, 5) is 30.4. The van der Waals surface area contributed by atoms with Crippen LogP contribution >= 0.6 is 11.3 Å². The van der Waals surface area contributed by atoms with Crippen molar-refractivity contribution in [3.05, 3.63) is 47.1 Å². The molecule has 2 heterocycles. The quantitative estimate of drug-likeness (QED) is 0.726. The molecule has 0 saturated carbocycles. The fourth-order valence-electron chi connectivity index (χ4n) is 1.86. The van der Waals surface area contributed by atoms with Gasteiger partial charge in [0.1, 0.15) is 5.69 Å². The molecule has 0 aliphatic heterocycles. The first kappa shape index (κ1) is 12.6. The smallest absolute Gasteiger partial charge is 0.257 e. The van der Waals surface area contributed by atoms with Gasteiger partial charge in [0.05, 0.1) is 0 Å². The number of nitrogens with one attached hydrogen (secondary N) is 2. The third kappa shape index (κ3) is 2.33. The number of carbonyl (C=O) groups is 2. The van der Waals surface area contributed by atoms with E-state index in [9.17, 15) is 9.59 Å². The van der Waals surface area contributed by atoms with Crippen molar-refractivity contribution in [2.75, 3.05) is 5.32 Å². The second-order valence-electron chi connectivity index (χ2n) is 4.33. The minimum Gasteiger partial charge on any atom is -0.361 e. The Kier molecular flexibility index (Phi) is 3.08. The van der Waals surface area contributed by atoms with E-state index < -0.39 is 0 Å². The van der Waals surface area contributed by atoms with E-state index in [0.717, 1.165) is 10.9 Å². The number of hydrogen-bond acceptors (Lipinski definition) is 4. The van der Waals surface area contributed by atoms with Crippen LogP contribution in [-0.4, -0.2) is 21.7 Å². The molecule has 3 aromatic rings. The van der Waals surface area contributed by atoms with Gasteiger partial charge in [0.25, 0.3) is 5.91 Å². The van der Waals surface area contributed by atoms with Gasteiger partial charge >= 0.3 is 0 Å². The van der Waals surface area contributed by atoms with Crippen molar-refractivity contribution < 1.29 is 9.59 Å². The van der Waals surface area contributed by atoms with Crippen LogP contribution in [0.4, 0.5) is 5.13 Å². The minimum absolute atomic E-state index is 0.115. The number of amides is 1. The third-order valence-electron chi connectivity index (χ3n) is 2.90. The Morgan fingerprint density at radius 3 is 2.90 bits per heavy atom. The molecular formula is C14H11N3O2S. The summed E-state index contributed by atoms with van der Waals surface area (Å²) in [5, 5.41) is 5.73. The molecule has 3 rings (SSSR count). The van der Waals surface area contributed by atoms with E-state index in [1.54, 1.807) is 17.5 Å². The molecule has 5 nitrogen and oxygen atoms in total. The number of rotatable bonds is 3. The molecule has 0 aliphatic rings. The molecule has 0 atom stereocenters. The summed E-state index contributed by atoms with van der Waals surface area (Å²) in [5.41, 5.74) is 1.90. The van der Waals surface area contributed by atoms with Crippen molar-refractivity contribution in [1.82, 2.24) is 9.97 Å². The van der Waals surface area contributed by atoms with Crippen molar-refractivity contribution in [1.29, 1.82) is 0 Å². The summed E-state index contributed by atoms with van der Waals surface area (Å²) in [6.07, 6.45) is 1.83. The predicted molar refractivity (Wildman–Crippen MR) is 78.4 cm³/mol. The molecule has 2 aromatic heterocycles. The number of nitrogens with zero attached hydrogens (tertiary/aromatic N) is 1. The molecule has 0 aliphatic carbocycles. The average Bonchev–Trinajstić information content (AvgIpc) is 3.05. The highest BCUT2D eigenvalue weighted by Gasteiger charge is 2.11. The topological polar surface area (TPSA) is 74.8 Å². The third-order valence-corrected chi connectivity index (χ3v) is 3.66. The number of Topliss-reactive ketones (excluding diaryl/α,β-unsaturated/α-hetero) is 1. The van der Waals surface area contributed by atoms with Gasteiger partial charge in [-0.15, -0.1) is 11.3 Å². The predicted octanol–water partition coefficient (Wildman–Crippen LogP) is 3.08. The second kappa shape index (κ2) is 4.90. The Bertz CT molecular complexity index is 803. The normalized spacial score (nSPS) is 10.7. The first-order valence-corrected chi connectivity index (χ1v) is 6.86. The van der Waals surface area contributed by atoms with Crippen molar-refractivity contribution in [3.63, 3.8) is 0 Å². The first-order chi connectivity index (χ1) is 9.63. The van der Waals surface area contributed by atoms with Crippen molar-refractivity contribution in [2.24, 2.45) is 0 Å². The van der Waals surface area contributed by atoms with Crippen LogP contribution in [-0.2, 0) is 0 Å². The van der Waals surface area contributed by atoms with Crippen LogP contribution in [0.15, 0.2) is 35.8 Å². The number of thiazole rings is 1. The van der Waals surface area contributed by atoms with Crippen LogP contribution in [0, 0.1) is 0 Å². The lowest BCUT2D eigenvalue weighted by Gasteiger charge is -2.01. The molecular weight excluding hydrogens is 274 g/mol. The van der Waals surface area contributed by atoms with Gasteiger partial charge in [-0.2, -0.15) is 0 Å². The number of aromatic nitrogens is 2. The number of anilines is 1. The van der Waals surface area contributed by atoms with Gasteiger partial charge in [0, 0.05) is 35.0 Å². The summed E-state index contributed by atoms with van der Waals surface area (Å²) < 4.78 is 0. The lowest BCUT2D eigenvalue weighted by Crippen LogP contribution is -2.11. The maximum absolute atomic E-state index is 12.1. The van der Waals surface area contributed by atoms with Gasteiger partial charge in [-0.3, -0.25) is 14.9 Å². The van der Waals surface area contributed by atoms with Gasteiger partial charge in [0.2, 0.25) is 0 Å². The van der Waals surface area contributed by atoms with Gasteiger partial charge < -0.3 is 4.98 Å². The SMILES string of the molecule is CC(=O)c1csc(NC(=O)c2ccc3[nH]ccc3c2)n1. The van der Waals surface area contributed by atoms with E-state index in [2.05, 4.69) is 15.3 Å². The molecule has 1 aromatic carbocycles. The van der Waals surface area contributed by atoms with E-state index in [1.807, 2.05) is 18.3 Å². The fraction of sp³-hybridized carbons (Fsp3) is 0.0714. The van der Waals surface area contributed by atoms with E-state index in [0.29, 0.717) is 16.4 Å². The number of H-pyrrole nitrogens is 1. The van der Waals surface area contributed by atoms with Gasteiger partial charge in [-0.25, -0.2) is 4.98 Å². The highest BCUT2D eigenvalue weighted by Crippen LogP contribution is 2.18. The molecule has 0 spiro atoms. The Labute approximate surface area is 118 Å². The van der Waals surface area contributed by atoms with Crippen LogP contribution in [0.2, 0.25) is 0 Å². The maximum atomic E-state index is 12.1. The Morgan fingerprint density at radius 2 is 2.15 bits per heavy atom. The molecule has 2 N–H and O–H groups in total. The number of hydrogen-bond donors (Lipinski definition) is 2. The van der Waals surface area contributed by atoms with E-state index in [-0.39, 0.29) is 11.7 Å². The lowest BCUT2D eigenvalue weighted by atomic mass is 10.1. The Balaban J connectivity index is 1.82. The summed E-state index contributed by atoms with van der Waals surface area (Å²) in [7, 11) is 0. The lowest BCUT2D eigenvalue weighted by molar-refractivity contribution is 0.100. The highest BCUT2D eigenvalue weighted by atomic mass is 32.1. The number of benzene rings is 1. The zero-order valence-electron chi connectivity index (χ0n) is 10.6. The molecule has 6 heteroatoms. The fourth-order valence-corrected chi connectivity index (χ4v) is 2.60. The Morgan fingerprint density at radius 1 is 1.30 bits per heavy atom. The second-order valence-corrected chi connectivity index (χ2v) is 5.19. The zero-order valence-corrected chi connectivity index (χ0v) is 11.5. The minimum atomic E-state index is -0.238. The molecule has 0 radical (unpaired) electrons. The number of carbonyl (C=O) groups excluding carboxylic acids is 2. The number of aromatic amines is 1. The van der Waals surface area contributed by atoms with E-state index >= 15 is 0 Å². The summed E-state index contributed by atoms with van der Waals surface area (Å²) in [5.74, 6) is -0.354. The van der Waals surface area contributed by atoms with Gasteiger partial charge in [0.15, 0.2) is 10.9 Å². The molecule has 0 bridgehead atoms. The monoisotopic (exact) mass is 285 g/mol. The standard InChI is InChI=1S/C14H11N3O2S/c1-8(18)12-7-20-14(16-12)17-13(19)10-2-3-11-9(6-10)4-5-15-11/h2-7,15H,1H3,(H,16,17,19). The van der Waals surface area contributed by atoms with Crippen LogP contribution in [0.5, 0.6) is 0 Å². The number of ketones is 1. The highest BCUT2D eigenvalue weighted by molar-refractivity contribution is 7.14. The average molecular weight is 285 g/mol. The summed E-state index contributed by atoms with van der Waals surface area (Å²) in [6.45, 7) is 1.44. The maximum Gasteiger partial charge on any atom is 0.257 e. The molecule has 0 fully saturated rings. The van der Waals surface area contributed by atoms with Gasteiger partial charge in [-0.1, -0.05) is 0 Å². The van der Waals surface area contributed by atoms with Crippen LogP contribution in [0.3, 0.4) is 0 Å². The molecule has 100 valence electrons. The zero-order chi connectivity index (χ0) is 14.1. The Hall–Kier alpha value is -2.47. The van der Waals surface area contributed by atoms with Crippen LogP contribution in [0.25, 0.3) is 10.9 Å². The number of fused-ring (bicyclic) bond motifs is 1. The molecule has 20 heavy (non-hydrogen) atoms.